The molecule has 0 aromatic heterocycles. The molecule has 0 saturated carbocycles. The summed E-state index contributed by atoms with van der Waals surface area (Å²) in [6.45, 7) is 1.95. The van der Waals surface area contributed by atoms with Crippen molar-refractivity contribution in [3.05, 3.63) is 29.8 Å². The number of alkyl halides is 3. The van der Waals surface area contributed by atoms with Gasteiger partial charge in [-0.3, -0.25) is 9.59 Å². The molecule has 0 aliphatic rings. The lowest BCUT2D eigenvalue weighted by Gasteiger charge is -2.06. The highest BCUT2D eigenvalue weighted by Gasteiger charge is 2.36. The van der Waals surface area contributed by atoms with E-state index in [0.29, 0.717) is 25.7 Å². The van der Waals surface area contributed by atoms with Crippen LogP contribution in [0.1, 0.15) is 44.1 Å². The maximum Gasteiger partial charge on any atom is 0.449 e. The van der Waals surface area contributed by atoms with Crippen molar-refractivity contribution < 1.29 is 22.8 Å². The molecular weight excluding hydrogens is 295 g/mol. The number of amides is 1. The van der Waals surface area contributed by atoms with Gasteiger partial charge in [-0.1, -0.05) is 30.5 Å². The zero-order chi connectivity index (χ0) is 16.6. The zero-order valence-corrected chi connectivity index (χ0v) is 12.5. The quantitative estimate of drug-likeness (QED) is 0.722. The van der Waals surface area contributed by atoms with Crippen molar-refractivity contribution in [3.63, 3.8) is 0 Å². The summed E-state index contributed by atoms with van der Waals surface area (Å²) < 4.78 is 35.9. The lowest BCUT2D eigenvalue weighted by atomic mass is 10.1. The van der Waals surface area contributed by atoms with Crippen LogP contribution in [0.5, 0.6) is 0 Å². The third-order valence-corrected chi connectivity index (χ3v) is 3.21. The van der Waals surface area contributed by atoms with Gasteiger partial charge in [0.2, 0.25) is 11.7 Å². The lowest BCUT2D eigenvalue weighted by molar-refractivity contribution is -0.171. The smallest absolute Gasteiger partial charge is 0.326 e. The van der Waals surface area contributed by atoms with Gasteiger partial charge < -0.3 is 5.32 Å². The summed E-state index contributed by atoms with van der Waals surface area (Å²) in [7, 11) is 0. The first-order valence-corrected chi connectivity index (χ1v) is 7.25. The van der Waals surface area contributed by atoms with E-state index in [-0.39, 0.29) is 12.3 Å². The zero-order valence-electron chi connectivity index (χ0n) is 12.5. The summed E-state index contributed by atoms with van der Waals surface area (Å²) >= 11 is 0. The maximum atomic E-state index is 12.0. The van der Waals surface area contributed by atoms with Gasteiger partial charge in [0, 0.05) is 18.5 Å². The van der Waals surface area contributed by atoms with E-state index < -0.39 is 18.4 Å². The predicted octanol–water partition coefficient (Wildman–Crippen LogP) is 4.41. The Morgan fingerprint density at radius 1 is 0.955 bits per heavy atom. The third-order valence-electron chi connectivity index (χ3n) is 3.21. The van der Waals surface area contributed by atoms with Crippen LogP contribution in [0.4, 0.5) is 18.9 Å². The van der Waals surface area contributed by atoms with Crippen LogP contribution in [0.3, 0.4) is 0 Å². The molecule has 0 aliphatic carbocycles. The van der Waals surface area contributed by atoms with E-state index in [1.165, 1.54) is 0 Å². The molecule has 0 bridgehead atoms. The van der Waals surface area contributed by atoms with E-state index in [4.69, 9.17) is 0 Å². The molecule has 0 fully saturated rings. The molecule has 22 heavy (non-hydrogen) atoms. The van der Waals surface area contributed by atoms with Crippen LogP contribution in [0, 0.1) is 6.92 Å². The fraction of sp³-hybridized carbons (Fsp3) is 0.500. The number of nitrogens with one attached hydrogen (secondary N) is 1. The highest BCUT2D eigenvalue weighted by atomic mass is 19.4. The second kappa shape index (κ2) is 8.56. The van der Waals surface area contributed by atoms with Crippen molar-refractivity contribution >= 4 is 17.4 Å². The van der Waals surface area contributed by atoms with Crippen LogP contribution < -0.4 is 5.32 Å². The van der Waals surface area contributed by atoms with E-state index in [9.17, 15) is 22.8 Å². The predicted molar refractivity (Wildman–Crippen MR) is 78.6 cm³/mol. The van der Waals surface area contributed by atoms with Crippen LogP contribution in [0.25, 0.3) is 0 Å². The summed E-state index contributed by atoms with van der Waals surface area (Å²) in [5.74, 6) is -1.79. The molecule has 1 amide bonds. The maximum absolute atomic E-state index is 12.0. The number of carbonyl (C=O) groups is 2. The van der Waals surface area contributed by atoms with Crippen LogP contribution in [0.2, 0.25) is 0 Å². The lowest BCUT2D eigenvalue weighted by Crippen LogP contribution is -2.22. The van der Waals surface area contributed by atoms with Crippen LogP contribution >= 0.6 is 0 Å². The number of unbranched alkanes of at least 4 members (excludes halogenated alkanes) is 3. The molecule has 1 aromatic rings. The summed E-state index contributed by atoms with van der Waals surface area (Å²) in [6.07, 6.45) is -2.93. The summed E-state index contributed by atoms with van der Waals surface area (Å²) in [6, 6.07) is 7.42. The van der Waals surface area contributed by atoms with Crippen molar-refractivity contribution in [2.24, 2.45) is 0 Å². The van der Waals surface area contributed by atoms with E-state index in [1.807, 2.05) is 31.2 Å². The number of anilines is 1. The highest BCUT2D eigenvalue weighted by Crippen LogP contribution is 2.19. The second-order valence-corrected chi connectivity index (χ2v) is 5.25. The molecule has 0 aliphatic heterocycles. The minimum atomic E-state index is -4.73. The molecule has 6 heteroatoms. The SMILES string of the molecule is Cc1ccc(NC(=O)CCCCCCC(=O)C(F)(F)F)cc1. The Hall–Kier alpha value is -1.85. The number of benzene rings is 1. The fourth-order valence-electron chi connectivity index (χ4n) is 1.93. The van der Waals surface area contributed by atoms with Crippen LogP contribution in [-0.2, 0) is 9.59 Å². The van der Waals surface area contributed by atoms with Crippen molar-refractivity contribution in [2.75, 3.05) is 5.32 Å². The van der Waals surface area contributed by atoms with E-state index in [2.05, 4.69) is 5.32 Å². The monoisotopic (exact) mass is 315 g/mol. The largest absolute Gasteiger partial charge is 0.449 e. The molecule has 1 aromatic carbocycles. The number of Topliss-reactive ketones (excluding diaryl/α,β-unsaturated/α-hetero) is 1. The van der Waals surface area contributed by atoms with Crippen LogP contribution in [-0.4, -0.2) is 17.9 Å². The number of carbonyl (C=O) groups excluding carboxylic acids is 2. The molecule has 0 atom stereocenters. The minimum Gasteiger partial charge on any atom is -0.326 e. The Morgan fingerprint density at radius 2 is 1.50 bits per heavy atom. The first-order chi connectivity index (χ1) is 10.3. The summed E-state index contributed by atoms with van der Waals surface area (Å²) in [5, 5.41) is 2.76. The molecule has 122 valence electrons. The fourth-order valence-corrected chi connectivity index (χ4v) is 1.93. The normalized spacial score (nSPS) is 11.3. The third kappa shape index (κ3) is 7.24. The van der Waals surface area contributed by atoms with Gasteiger partial charge >= 0.3 is 6.18 Å². The van der Waals surface area contributed by atoms with E-state index in [0.717, 1.165) is 11.3 Å². The van der Waals surface area contributed by atoms with Gasteiger partial charge in [0.25, 0.3) is 0 Å². The minimum absolute atomic E-state index is 0.116. The first kappa shape index (κ1) is 18.2. The summed E-state index contributed by atoms with van der Waals surface area (Å²) in [5.41, 5.74) is 1.83. The average Bonchev–Trinajstić information content (AvgIpc) is 2.44. The molecule has 1 rings (SSSR count). The van der Waals surface area contributed by atoms with Gasteiger partial charge in [-0.25, -0.2) is 0 Å². The van der Waals surface area contributed by atoms with Gasteiger partial charge in [-0.05, 0) is 31.9 Å². The molecule has 0 saturated heterocycles. The number of ketones is 1. The Kier molecular flexibility index (Phi) is 7.08. The first-order valence-electron chi connectivity index (χ1n) is 7.25. The molecule has 0 heterocycles. The average molecular weight is 315 g/mol. The number of hydrogen-bond acceptors (Lipinski definition) is 2. The summed E-state index contributed by atoms with van der Waals surface area (Å²) in [4.78, 5) is 22.3. The Balaban J connectivity index is 2.11. The van der Waals surface area contributed by atoms with Crippen molar-refractivity contribution in [3.8, 4) is 0 Å². The molecule has 3 nitrogen and oxygen atoms in total. The van der Waals surface area contributed by atoms with Gasteiger partial charge in [0.15, 0.2) is 0 Å². The van der Waals surface area contributed by atoms with Crippen molar-refractivity contribution in [2.45, 2.75) is 51.6 Å². The topological polar surface area (TPSA) is 46.2 Å². The second-order valence-electron chi connectivity index (χ2n) is 5.25. The Bertz CT molecular complexity index is 495. The number of halogens is 3. The van der Waals surface area contributed by atoms with Crippen LogP contribution in [0.15, 0.2) is 24.3 Å². The molecular formula is C16H20F3NO2. The van der Waals surface area contributed by atoms with Crippen molar-refractivity contribution in [1.29, 1.82) is 0 Å². The molecule has 0 radical (unpaired) electrons. The molecule has 0 unspecified atom stereocenters. The molecule has 1 N–H and O–H groups in total. The number of hydrogen-bond donors (Lipinski definition) is 1. The number of rotatable bonds is 8. The van der Waals surface area contributed by atoms with E-state index in [1.54, 1.807) is 0 Å². The standard InChI is InChI=1S/C16H20F3NO2/c1-12-8-10-13(11-9-12)20-15(22)7-5-3-2-4-6-14(21)16(17,18)19/h8-11H,2-7H2,1H3,(H,20,22). The van der Waals surface area contributed by atoms with E-state index >= 15 is 0 Å². The van der Waals surface area contributed by atoms with Gasteiger partial charge in [-0.2, -0.15) is 13.2 Å². The van der Waals surface area contributed by atoms with Gasteiger partial charge in [0.1, 0.15) is 0 Å². The Morgan fingerprint density at radius 3 is 2.05 bits per heavy atom. The Labute approximate surface area is 127 Å². The molecule has 0 spiro atoms. The number of aryl methyl sites for hydroxylation is 1. The van der Waals surface area contributed by atoms with Gasteiger partial charge in [-0.15, -0.1) is 0 Å². The van der Waals surface area contributed by atoms with Gasteiger partial charge in [0.05, 0.1) is 0 Å². The van der Waals surface area contributed by atoms with Crippen molar-refractivity contribution in [1.82, 2.24) is 0 Å². The highest BCUT2D eigenvalue weighted by molar-refractivity contribution is 5.90.